The van der Waals surface area contributed by atoms with E-state index in [1.165, 1.54) is 6.07 Å². The van der Waals surface area contributed by atoms with Gasteiger partial charge in [-0.15, -0.1) is 0 Å². The zero-order valence-electron chi connectivity index (χ0n) is 11.9. The average Bonchev–Trinajstić information content (AvgIpc) is 2.24. The molecule has 1 aromatic carbocycles. The number of carbonyl (C=O) groups is 1. The van der Waals surface area contributed by atoms with Crippen LogP contribution < -0.4 is 4.90 Å². The number of anilines is 1. The Balaban J connectivity index is 3.21. The fourth-order valence-corrected chi connectivity index (χ4v) is 2.00. The standard InChI is InChI=1S/C14H18F3NO2/c1-13(2,3)8-18(4)9-5-6-11(14(15,16)17)10(7-9)12(19)20/h5-7H,8H2,1-4H3,(H,19,20). The second kappa shape index (κ2) is 5.34. The third-order valence-electron chi connectivity index (χ3n) is 2.69. The molecular weight excluding hydrogens is 271 g/mol. The molecule has 0 bridgehead atoms. The molecule has 0 aliphatic carbocycles. The van der Waals surface area contributed by atoms with Gasteiger partial charge >= 0.3 is 12.1 Å². The summed E-state index contributed by atoms with van der Waals surface area (Å²) in [6.45, 7) is 6.57. The minimum absolute atomic E-state index is 0.0547. The summed E-state index contributed by atoms with van der Waals surface area (Å²) in [5, 5.41) is 8.95. The number of carboxylic acids is 1. The van der Waals surface area contributed by atoms with E-state index in [0.717, 1.165) is 12.1 Å². The van der Waals surface area contributed by atoms with Gasteiger partial charge in [0.1, 0.15) is 0 Å². The molecule has 0 saturated heterocycles. The Kier molecular flexibility index (Phi) is 4.36. The minimum Gasteiger partial charge on any atom is -0.478 e. The molecule has 0 fully saturated rings. The highest BCUT2D eigenvalue weighted by Crippen LogP contribution is 2.34. The van der Waals surface area contributed by atoms with Crippen molar-refractivity contribution < 1.29 is 23.1 Å². The molecule has 3 nitrogen and oxygen atoms in total. The van der Waals surface area contributed by atoms with Crippen molar-refractivity contribution in [3.8, 4) is 0 Å². The number of benzene rings is 1. The van der Waals surface area contributed by atoms with Gasteiger partial charge in [0.15, 0.2) is 0 Å². The van der Waals surface area contributed by atoms with Crippen LogP contribution in [-0.2, 0) is 6.18 Å². The highest BCUT2D eigenvalue weighted by Gasteiger charge is 2.35. The average molecular weight is 289 g/mol. The van der Waals surface area contributed by atoms with Gasteiger partial charge < -0.3 is 10.0 Å². The van der Waals surface area contributed by atoms with Gasteiger partial charge in [0.25, 0.3) is 0 Å². The number of rotatable bonds is 3. The molecular formula is C14H18F3NO2. The van der Waals surface area contributed by atoms with E-state index in [4.69, 9.17) is 5.11 Å². The normalized spacial score (nSPS) is 12.3. The van der Waals surface area contributed by atoms with Crippen molar-refractivity contribution in [1.29, 1.82) is 0 Å². The van der Waals surface area contributed by atoms with Crippen LogP contribution in [0, 0.1) is 5.41 Å². The lowest BCUT2D eigenvalue weighted by molar-refractivity contribution is -0.138. The Bertz CT molecular complexity index is 504. The van der Waals surface area contributed by atoms with Crippen LogP contribution in [0.5, 0.6) is 0 Å². The summed E-state index contributed by atoms with van der Waals surface area (Å²) in [6.07, 6.45) is -4.67. The molecule has 112 valence electrons. The predicted molar refractivity (Wildman–Crippen MR) is 71.1 cm³/mol. The summed E-state index contributed by atoms with van der Waals surface area (Å²) in [4.78, 5) is 12.8. The van der Waals surface area contributed by atoms with E-state index in [2.05, 4.69) is 0 Å². The monoisotopic (exact) mass is 289 g/mol. The third kappa shape index (κ3) is 4.15. The fourth-order valence-electron chi connectivity index (χ4n) is 2.00. The molecule has 0 radical (unpaired) electrons. The summed E-state index contributed by atoms with van der Waals surface area (Å²) in [7, 11) is 1.72. The molecule has 0 aliphatic heterocycles. The molecule has 0 unspecified atom stereocenters. The zero-order valence-corrected chi connectivity index (χ0v) is 11.9. The van der Waals surface area contributed by atoms with Crippen molar-refractivity contribution in [2.75, 3.05) is 18.5 Å². The number of alkyl halides is 3. The molecule has 1 rings (SSSR count). The first-order valence-corrected chi connectivity index (χ1v) is 6.07. The molecule has 0 atom stereocenters. The topological polar surface area (TPSA) is 40.5 Å². The molecule has 0 amide bonds. The van der Waals surface area contributed by atoms with Crippen molar-refractivity contribution in [3.63, 3.8) is 0 Å². The summed E-state index contributed by atoms with van der Waals surface area (Å²) >= 11 is 0. The number of hydrogen-bond acceptors (Lipinski definition) is 2. The largest absolute Gasteiger partial charge is 0.478 e. The summed E-state index contributed by atoms with van der Waals surface area (Å²) < 4.78 is 38.2. The van der Waals surface area contributed by atoms with Crippen molar-refractivity contribution in [1.82, 2.24) is 0 Å². The molecule has 0 saturated carbocycles. The van der Waals surface area contributed by atoms with Gasteiger partial charge in [-0.3, -0.25) is 0 Å². The van der Waals surface area contributed by atoms with Crippen LogP contribution in [0.25, 0.3) is 0 Å². The van der Waals surface area contributed by atoms with Crippen molar-refractivity contribution in [3.05, 3.63) is 29.3 Å². The van der Waals surface area contributed by atoms with E-state index >= 15 is 0 Å². The van der Waals surface area contributed by atoms with Crippen LogP contribution >= 0.6 is 0 Å². The minimum atomic E-state index is -4.67. The van der Waals surface area contributed by atoms with E-state index in [1.807, 2.05) is 20.8 Å². The van der Waals surface area contributed by atoms with Crippen LogP contribution in [0.3, 0.4) is 0 Å². The fraction of sp³-hybridized carbons (Fsp3) is 0.500. The quantitative estimate of drug-likeness (QED) is 0.917. The molecule has 0 aliphatic rings. The summed E-state index contributed by atoms with van der Waals surface area (Å²) in [5.74, 6) is -1.58. The van der Waals surface area contributed by atoms with Gasteiger partial charge in [-0.25, -0.2) is 4.79 Å². The highest BCUT2D eigenvalue weighted by atomic mass is 19.4. The predicted octanol–water partition coefficient (Wildman–Crippen LogP) is 3.89. The number of nitrogens with zero attached hydrogens (tertiary/aromatic N) is 1. The van der Waals surface area contributed by atoms with Crippen LogP contribution in [0.2, 0.25) is 0 Å². The van der Waals surface area contributed by atoms with Crippen LogP contribution in [0.1, 0.15) is 36.7 Å². The summed E-state index contributed by atoms with van der Waals surface area (Å²) in [6, 6.07) is 3.18. The van der Waals surface area contributed by atoms with E-state index in [9.17, 15) is 18.0 Å². The molecule has 0 heterocycles. The van der Waals surface area contributed by atoms with Crippen LogP contribution in [0.15, 0.2) is 18.2 Å². The molecule has 0 aromatic heterocycles. The first-order valence-electron chi connectivity index (χ1n) is 6.07. The Morgan fingerprint density at radius 3 is 2.20 bits per heavy atom. The maximum Gasteiger partial charge on any atom is 0.417 e. The van der Waals surface area contributed by atoms with Crippen LogP contribution in [0.4, 0.5) is 18.9 Å². The molecule has 1 N–H and O–H groups in total. The first-order chi connectivity index (χ1) is 8.92. The van der Waals surface area contributed by atoms with Crippen molar-refractivity contribution in [2.24, 2.45) is 5.41 Å². The van der Waals surface area contributed by atoms with E-state index < -0.39 is 23.3 Å². The number of halogens is 3. The molecule has 6 heteroatoms. The maximum absolute atomic E-state index is 12.7. The Labute approximate surface area is 116 Å². The second-order valence-corrected chi connectivity index (χ2v) is 5.95. The third-order valence-corrected chi connectivity index (χ3v) is 2.69. The van der Waals surface area contributed by atoms with E-state index in [1.54, 1.807) is 11.9 Å². The van der Waals surface area contributed by atoms with Crippen molar-refractivity contribution in [2.45, 2.75) is 26.9 Å². The van der Waals surface area contributed by atoms with Gasteiger partial charge in [-0.1, -0.05) is 20.8 Å². The van der Waals surface area contributed by atoms with Gasteiger partial charge in [-0.05, 0) is 23.6 Å². The smallest absolute Gasteiger partial charge is 0.417 e. The van der Waals surface area contributed by atoms with E-state index in [-0.39, 0.29) is 5.41 Å². The number of carboxylic acid groups (broad SMARTS) is 1. The van der Waals surface area contributed by atoms with Gasteiger partial charge in [0.05, 0.1) is 11.1 Å². The maximum atomic E-state index is 12.7. The number of hydrogen-bond donors (Lipinski definition) is 1. The summed E-state index contributed by atoms with van der Waals surface area (Å²) in [5.41, 5.74) is -1.46. The lowest BCUT2D eigenvalue weighted by atomic mass is 9.95. The van der Waals surface area contributed by atoms with E-state index in [0.29, 0.717) is 12.2 Å². The van der Waals surface area contributed by atoms with Gasteiger partial charge in [-0.2, -0.15) is 13.2 Å². The highest BCUT2D eigenvalue weighted by molar-refractivity contribution is 5.91. The van der Waals surface area contributed by atoms with Crippen molar-refractivity contribution >= 4 is 11.7 Å². The molecule has 20 heavy (non-hydrogen) atoms. The Morgan fingerprint density at radius 2 is 1.80 bits per heavy atom. The molecule has 0 spiro atoms. The Morgan fingerprint density at radius 1 is 1.25 bits per heavy atom. The first kappa shape index (κ1) is 16.3. The lowest BCUT2D eigenvalue weighted by Gasteiger charge is -2.28. The van der Waals surface area contributed by atoms with Crippen LogP contribution in [-0.4, -0.2) is 24.7 Å². The SMILES string of the molecule is CN(CC(C)(C)C)c1ccc(C(F)(F)F)c(C(=O)O)c1. The lowest BCUT2D eigenvalue weighted by Crippen LogP contribution is -2.29. The van der Waals surface area contributed by atoms with Gasteiger partial charge in [0.2, 0.25) is 0 Å². The molecule has 1 aromatic rings. The Hall–Kier alpha value is -1.72. The van der Waals surface area contributed by atoms with Gasteiger partial charge in [0, 0.05) is 19.3 Å². The zero-order chi connectivity index (χ0) is 15.7. The number of aromatic carboxylic acids is 1. The second-order valence-electron chi connectivity index (χ2n) is 5.95.